The zero-order valence-electron chi connectivity index (χ0n) is 19.6. The fourth-order valence-electron chi connectivity index (χ4n) is 5.56. The van der Waals surface area contributed by atoms with Crippen LogP contribution in [0, 0.1) is 24.4 Å². The van der Waals surface area contributed by atoms with Crippen molar-refractivity contribution in [1.29, 1.82) is 0 Å². The molecule has 0 unspecified atom stereocenters. The van der Waals surface area contributed by atoms with Crippen molar-refractivity contribution in [2.45, 2.75) is 44.7 Å². The normalized spacial score (nSPS) is 18.9. The van der Waals surface area contributed by atoms with Crippen molar-refractivity contribution in [3.63, 3.8) is 0 Å². The maximum Gasteiger partial charge on any atom is 0.273 e. The van der Waals surface area contributed by atoms with Crippen LogP contribution in [0.4, 0.5) is 13.2 Å². The molecule has 3 aromatic heterocycles. The summed E-state index contributed by atoms with van der Waals surface area (Å²) in [6, 6.07) is 5.03. The predicted molar refractivity (Wildman–Crippen MR) is 123 cm³/mol. The Balaban J connectivity index is 1.41. The van der Waals surface area contributed by atoms with Gasteiger partial charge in [-0.25, -0.2) is 18.2 Å². The quantitative estimate of drug-likeness (QED) is 0.402. The Morgan fingerprint density at radius 1 is 1.03 bits per heavy atom. The maximum absolute atomic E-state index is 14.0. The van der Waals surface area contributed by atoms with Gasteiger partial charge in [-0.05, 0) is 56.9 Å². The molecule has 6 rings (SSSR count). The molecule has 4 aromatic rings. The first kappa shape index (κ1) is 22.4. The van der Waals surface area contributed by atoms with Crippen molar-refractivity contribution in [2.75, 3.05) is 0 Å². The number of fused-ring (bicyclic) bond motifs is 4. The minimum Gasteiger partial charge on any atom is -0.325 e. The van der Waals surface area contributed by atoms with Gasteiger partial charge in [0.25, 0.3) is 5.91 Å². The lowest BCUT2D eigenvalue weighted by Crippen LogP contribution is -2.50. The second-order valence-corrected chi connectivity index (χ2v) is 9.28. The number of rotatable bonds is 3. The third-order valence-corrected chi connectivity index (χ3v) is 6.97. The molecule has 1 aromatic carbocycles. The number of benzene rings is 1. The van der Waals surface area contributed by atoms with Crippen LogP contribution in [-0.2, 0) is 13.5 Å². The van der Waals surface area contributed by atoms with Crippen LogP contribution in [0.5, 0.6) is 0 Å². The highest BCUT2D eigenvalue weighted by atomic mass is 19.2. The predicted octanol–water partition coefficient (Wildman–Crippen LogP) is 4.08. The summed E-state index contributed by atoms with van der Waals surface area (Å²) in [7, 11) is 1.69. The van der Waals surface area contributed by atoms with E-state index in [0.717, 1.165) is 30.5 Å². The van der Waals surface area contributed by atoms with Crippen LogP contribution in [0.3, 0.4) is 0 Å². The van der Waals surface area contributed by atoms with Gasteiger partial charge in [0.1, 0.15) is 5.69 Å². The van der Waals surface area contributed by atoms with Crippen molar-refractivity contribution < 1.29 is 18.0 Å². The largest absolute Gasteiger partial charge is 0.325 e. The molecule has 8 nitrogen and oxygen atoms in total. The number of nitrogens with zero attached hydrogens (tertiary/aromatic N) is 7. The van der Waals surface area contributed by atoms with Crippen LogP contribution in [0.2, 0.25) is 0 Å². The Bertz CT molecular complexity index is 1470. The van der Waals surface area contributed by atoms with E-state index in [4.69, 9.17) is 0 Å². The van der Waals surface area contributed by atoms with E-state index in [1.54, 1.807) is 36.3 Å². The molecular weight excluding hydrogens is 471 g/mol. The maximum atomic E-state index is 14.0. The van der Waals surface area contributed by atoms with Gasteiger partial charge < -0.3 is 4.90 Å². The summed E-state index contributed by atoms with van der Waals surface area (Å²) in [5, 5.41) is 13.0. The van der Waals surface area contributed by atoms with Gasteiger partial charge in [0, 0.05) is 29.9 Å². The summed E-state index contributed by atoms with van der Waals surface area (Å²) in [6.45, 7) is 1.81. The van der Waals surface area contributed by atoms with E-state index >= 15 is 0 Å². The van der Waals surface area contributed by atoms with Crippen LogP contribution in [0.1, 0.15) is 52.7 Å². The van der Waals surface area contributed by atoms with Crippen LogP contribution < -0.4 is 0 Å². The van der Waals surface area contributed by atoms with E-state index in [1.807, 2.05) is 11.8 Å². The first-order chi connectivity index (χ1) is 17.3. The molecule has 0 N–H and O–H groups in total. The van der Waals surface area contributed by atoms with Crippen LogP contribution in [0.25, 0.3) is 16.9 Å². The zero-order chi connectivity index (χ0) is 25.1. The molecule has 0 radical (unpaired) electrons. The first-order valence-corrected chi connectivity index (χ1v) is 11.7. The third-order valence-electron chi connectivity index (χ3n) is 6.97. The Labute approximate surface area is 204 Å². The van der Waals surface area contributed by atoms with Crippen molar-refractivity contribution in [3.05, 3.63) is 76.8 Å². The second-order valence-electron chi connectivity index (χ2n) is 9.28. The Hall–Kier alpha value is -4.02. The first-order valence-electron chi connectivity index (χ1n) is 11.7. The number of pyridine rings is 1. The van der Waals surface area contributed by atoms with E-state index < -0.39 is 17.5 Å². The van der Waals surface area contributed by atoms with Crippen molar-refractivity contribution in [2.24, 2.45) is 7.05 Å². The number of hydrogen-bond donors (Lipinski definition) is 0. The highest BCUT2D eigenvalue weighted by Crippen LogP contribution is 2.45. The minimum atomic E-state index is -1.50. The van der Waals surface area contributed by atoms with Crippen LogP contribution in [-0.4, -0.2) is 46.6 Å². The molecule has 2 bridgehead atoms. The lowest BCUT2D eigenvalue weighted by atomic mass is 9.81. The highest BCUT2D eigenvalue weighted by Gasteiger charge is 2.44. The highest BCUT2D eigenvalue weighted by molar-refractivity contribution is 5.94. The fourth-order valence-corrected chi connectivity index (χ4v) is 5.56. The number of aromatic nitrogens is 6. The number of carbonyl (C=O) groups is 1. The molecule has 184 valence electrons. The molecule has 2 aliphatic heterocycles. The van der Waals surface area contributed by atoms with E-state index in [-0.39, 0.29) is 23.6 Å². The number of aryl methyl sites for hydroxylation is 2. The fraction of sp³-hybridized carbons (Fsp3) is 0.320. The SMILES string of the molecule is Cc1cc(-n2nccn2)cc(C(=O)N2[C@@H]3CCC[C@H]2c2nn(C)c(-c4cc(F)c(F)c(F)c4)c2C3)n1. The van der Waals surface area contributed by atoms with E-state index in [0.29, 0.717) is 41.3 Å². The summed E-state index contributed by atoms with van der Waals surface area (Å²) < 4.78 is 43.2. The van der Waals surface area contributed by atoms with E-state index in [2.05, 4.69) is 20.3 Å². The van der Waals surface area contributed by atoms with Crippen molar-refractivity contribution in [3.8, 4) is 16.9 Å². The Morgan fingerprint density at radius 2 is 1.75 bits per heavy atom. The average Bonchev–Trinajstić information content (AvgIpc) is 3.49. The second kappa shape index (κ2) is 8.28. The van der Waals surface area contributed by atoms with Gasteiger partial charge in [0.05, 0.1) is 35.5 Å². The molecule has 0 aliphatic carbocycles. The standard InChI is InChI=1S/C25H22F3N7O/c1-13-8-16(35-29-6-7-30-35)12-20(31-13)25(36)34-15-4-3-5-21(34)23-17(11-15)24(33(2)32-23)14-9-18(26)22(28)19(27)10-14/h6-10,12,15,21H,3-5,11H2,1-2H3/t15-,21+/m1/s1. The lowest BCUT2D eigenvalue weighted by molar-refractivity contribution is 0.0385. The topological polar surface area (TPSA) is 81.7 Å². The summed E-state index contributed by atoms with van der Waals surface area (Å²) in [5.74, 6) is -4.21. The summed E-state index contributed by atoms with van der Waals surface area (Å²) in [6.07, 6.45) is 6.00. The molecule has 0 saturated carbocycles. The van der Waals surface area contributed by atoms with Gasteiger partial charge in [-0.3, -0.25) is 9.48 Å². The number of carbonyl (C=O) groups excluding carboxylic acids is 1. The number of halogens is 3. The van der Waals surface area contributed by atoms with Crippen LogP contribution >= 0.6 is 0 Å². The average molecular weight is 493 g/mol. The minimum absolute atomic E-state index is 0.129. The van der Waals surface area contributed by atoms with E-state index in [1.165, 1.54) is 4.80 Å². The molecule has 2 atom stereocenters. The lowest BCUT2D eigenvalue weighted by Gasteiger charge is -2.45. The summed E-state index contributed by atoms with van der Waals surface area (Å²) in [5.41, 5.74) is 3.88. The molecule has 2 aliphatic rings. The van der Waals surface area contributed by atoms with Gasteiger partial charge in [0.2, 0.25) is 0 Å². The van der Waals surface area contributed by atoms with Gasteiger partial charge in [0.15, 0.2) is 17.5 Å². The van der Waals surface area contributed by atoms with Crippen molar-refractivity contribution >= 4 is 5.91 Å². The molecule has 1 fully saturated rings. The van der Waals surface area contributed by atoms with Crippen molar-refractivity contribution in [1.82, 2.24) is 34.7 Å². The molecule has 11 heteroatoms. The smallest absolute Gasteiger partial charge is 0.273 e. The monoisotopic (exact) mass is 493 g/mol. The molecule has 0 spiro atoms. The summed E-state index contributed by atoms with van der Waals surface area (Å²) in [4.78, 5) is 21.6. The molecule has 1 amide bonds. The Morgan fingerprint density at radius 3 is 2.47 bits per heavy atom. The van der Waals surface area contributed by atoms with Gasteiger partial charge >= 0.3 is 0 Å². The van der Waals surface area contributed by atoms with Gasteiger partial charge in [-0.15, -0.1) is 0 Å². The molecule has 5 heterocycles. The number of amides is 1. The Kier molecular flexibility index (Phi) is 5.16. The molecule has 36 heavy (non-hydrogen) atoms. The molecule has 1 saturated heterocycles. The van der Waals surface area contributed by atoms with Gasteiger partial charge in [-0.1, -0.05) is 0 Å². The van der Waals surface area contributed by atoms with Crippen LogP contribution in [0.15, 0.2) is 36.7 Å². The van der Waals surface area contributed by atoms with E-state index in [9.17, 15) is 18.0 Å². The zero-order valence-corrected chi connectivity index (χ0v) is 19.6. The summed E-state index contributed by atoms with van der Waals surface area (Å²) >= 11 is 0. The molecular formula is C25H22F3N7O. The van der Waals surface area contributed by atoms with Gasteiger partial charge in [-0.2, -0.15) is 20.1 Å². The third kappa shape index (κ3) is 3.49. The number of piperidine rings is 1. The number of hydrogen-bond acceptors (Lipinski definition) is 5.